The minimum atomic E-state index is -0.353. The van der Waals surface area contributed by atoms with Crippen LogP contribution in [0.2, 0.25) is 0 Å². The van der Waals surface area contributed by atoms with Crippen LogP contribution in [0.15, 0.2) is 24.3 Å². The molecule has 1 aliphatic carbocycles. The van der Waals surface area contributed by atoms with E-state index in [9.17, 15) is 9.59 Å². The summed E-state index contributed by atoms with van der Waals surface area (Å²) in [7, 11) is 0. The number of fused-ring (bicyclic) bond motifs is 1. The fraction of sp³-hybridized carbons (Fsp3) is 0.667. The van der Waals surface area contributed by atoms with Crippen LogP contribution in [0, 0.1) is 5.92 Å². The van der Waals surface area contributed by atoms with Gasteiger partial charge in [0.15, 0.2) is 0 Å². The maximum atomic E-state index is 12.6. The van der Waals surface area contributed by atoms with Crippen molar-refractivity contribution in [2.45, 2.75) is 75.2 Å². The SMILES string of the molecule is CC1(NC(=O)O[C@@H]2CC[C@H](C3CC(NC(=O)CC4COc5ccccc54)NN3)C2)CCOC1. The second-order valence-electron chi connectivity index (χ2n) is 10.1. The van der Waals surface area contributed by atoms with Crippen LogP contribution in [-0.2, 0) is 14.3 Å². The van der Waals surface area contributed by atoms with Crippen molar-refractivity contribution in [3.05, 3.63) is 29.8 Å². The minimum absolute atomic E-state index is 0.0222. The number of amides is 2. The van der Waals surface area contributed by atoms with Gasteiger partial charge in [0.25, 0.3) is 0 Å². The monoisotopic (exact) mass is 458 g/mol. The summed E-state index contributed by atoms with van der Waals surface area (Å²) in [5.41, 5.74) is 7.34. The van der Waals surface area contributed by atoms with Gasteiger partial charge in [-0.15, -0.1) is 0 Å². The first-order valence-corrected chi connectivity index (χ1v) is 12.1. The van der Waals surface area contributed by atoms with Gasteiger partial charge >= 0.3 is 6.09 Å². The molecule has 5 rings (SSSR count). The summed E-state index contributed by atoms with van der Waals surface area (Å²) in [6, 6.07) is 8.16. The van der Waals surface area contributed by atoms with Crippen LogP contribution in [0.3, 0.4) is 0 Å². The number of hydrogen-bond donors (Lipinski definition) is 4. The largest absolute Gasteiger partial charge is 0.493 e. The molecule has 3 fully saturated rings. The Morgan fingerprint density at radius 2 is 2.09 bits per heavy atom. The van der Waals surface area contributed by atoms with Crippen LogP contribution < -0.4 is 26.2 Å². The van der Waals surface area contributed by atoms with E-state index < -0.39 is 0 Å². The Balaban J connectivity index is 1.04. The van der Waals surface area contributed by atoms with Crippen molar-refractivity contribution in [2.75, 3.05) is 19.8 Å². The summed E-state index contributed by atoms with van der Waals surface area (Å²) in [5, 5.41) is 6.06. The molecule has 0 aromatic heterocycles. The van der Waals surface area contributed by atoms with Crippen molar-refractivity contribution in [3.63, 3.8) is 0 Å². The fourth-order valence-electron chi connectivity index (χ4n) is 5.50. The molecule has 4 N–H and O–H groups in total. The van der Waals surface area contributed by atoms with E-state index in [0.29, 0.717) is 32.2 Å². The van der Waals surface area contributed by atoms with Crippen molar-refractivity contribution < 1.29 is 23.8 Å². The van der Waals surface area contributed by atoms with E-state index >= 15 is 0 Å². The Kier molecular flexibility index (Phi) is 6.44. The number of rotatable bonds is 6. The Morgan fingerprint density at radius 1 is 1.21 bits per heavy atom. The van der Waals surface area contributed by atoms with Crippen LogP contribution in [0.25, 0.3) is 0 Å². The molecule has 1 aromatic rings. The lowest BCUT2D eigenvalue weighted by molar-refractivity contribution is -0.122. The van der Waals surface area contributed by atoms with Gasteiger partial charge in [0.1, 0.15) is 11.9 Å². The summed E-state index contributed by atoms with van der Waals surface area (Å²) >= 11 is 0. The third kappa shape index (κ3) is 5.26. The molecule has 33 heavy (non-hydrogen) atoms. The van der Waals surface area contributed by atoms with Gasteiger partial charge in [0.2, 0.25) is 5.91 Å². The molecule has 180 valence electrons. The van der Waals surface area contributed by atoms with Gasteiger partial charge in [-0.3, -0.25) is 10.2 Å². The van der Waals surface area contributed by atoms with E-state index in [1.54, 1.807) is 0 Å². The van der Waals surface area contributed by atoms with Crippen molar-refractivity contribution in [1.82, 2.24) is 21.5 Å². The van der Waals surface area contributed by atoms with Crippen LogP contribution in [-0.4, -0.2) is 55.7 Å². The average molecular weight is 459 g/mol. The molecule has 4 aliphatic rings. The standard InChI is InChI=1S/C24H34N4O5/c1-24(8-9-31-14-24)26-23(30)33-17-7-6-15(10-17)19-12-21(28-27-19)25-22(29)11-16-13-32-20-5-3-2-4-18(16)20/h2-5,15-17,19,21,27-28H,6-14H2,1H3,(H,25,29)(H,26,30)/t15-,16?,17+,19?,21?,24?/m0/s1. The predicted molar refractivity (Wildman–Crippen MR) is 120 cm³/mol. The number of hydrogen-bond acceptors (Lipinski definition) is 7. The Morgan fingerprint density at radius 3 is 2.94 bits per heavy atom. The second-order valence-corrected chi connectivity index (χ2v) is 10.1. The lowest BCUT2D eigenvalue weighted by Gasteiger charge is -2.24. The first-order valence-electron chi connectivity index (χ1n) is 12.1. The Bertz CT molecular complexity index is 874. The number of carbonyl (C=O) groups is 2. The fourth-order valence-corrected chi connectivity index (χ4v) is 5.50. The zero-order valence-electron chi connectivity index (χ0n) is 19.1. The Hall–Kier alpha value is -2.36. The highest BCUT2D eigenvalue weighted by Gasteiger charge is 2.39. The topological polar surface area (TPSA) is 110 Å². The summed E-state index contributed by atoms with van der Waals surface area (Å²) in [6.45, 7) is 3.73. The third-order valence-electron chi connectivity index (χ3n) is 7.39. The van der Waals surface area contributed by atoms with Gasteiger partial charge in [0, 0.05) is 30.6 Å². The molecule has 1 aromatic carbocycles. The molecule has 6 atom stereocenters. The smallest absolute Gasteiger partial charge is 0.407 e. The van der Waals surface area contributed by atoms with Crippen LogP contribution in [0.4, 0.5) is 4.79 Å². The summed E-state index contributed by atoms with van der Waals surface area (Å²) < 4.78 is 16.8. The molecule has 1 saturated carbocycles. The number of para-hydroxylation sites is 1. The van der Waals surface area contributed by atoms with E-state index in [0.717, 1.165) is 43.4 Å². The molecule has 2 amide bonds. The molecule has 9 nitrogen and oxygen atoms in total. The zero-order chi connectivity index (χ0) is 22.8. The van der Waals surface area contributed by atoms with Gasteiger partial charge in [0.05, 0.1) is 24.9 Å². The molecule has 0 spiro atoms. The first kappa shape index (κ1) is 22.4. The van der Waals surface area contributed by atoms with Gasteiger partial charge < -0.3 is 24.8 Å². The number of nitrogens with one attached hydrogen (secondary N) is 4. The maximum Gasteiger partial charge on any atom is 0.407 e. The predicted octanol–water partition coefficient (Wildman–Crippen LogP) is 1.94. The zero-order valence-corrected chi connectivity index (χ0v) is 19.1. The van der Waals surface area contributed by atoms with Crippen molar-refractivity contribution in [3.8, 4) is 5.75 Å². The van der Waals surface area contributed by atoms with E-state index in [4.69, 9.17) is 14.2 Å². The van der Waals surface area contributed by atoms with Crippen LogP contribution >= 0.6 is 0 Å². The minimum Gasteiger partial charge on any atom is -0.493 e. The van der Waals surface area contributed by atoms with Gasteiger partial charge in [-0.2, -0.15) is 0 Å². The van der Waals surface area contributed by atoms with Gasteiger partial charge in [-0.25, -0.2) is 10.2 Å². The highest BCUT2D eigenvalue weighted by Crippen LogP contribution is 2.36. The maximum absolute atomic E-state index is 12.6. The van der Waals surface area contributed by atoms with E-state index in [1.165, 1.54) is 0 Å². The molecule has 3 aliphatic heterocycles. The van der Waals surface area contributed by atoms with Gasteiger partial charge in [-0.05, 0) is 51.0 Å². The molecule has 3 heterocycles. The lowest BCUT2D eigenvalue weighted by atomic mass is 9.95. The molecule has 2 saturated heterocycles. The highest BCUT2D eigenvalue weighted by atomic mass is 16.6. The Labute approximate surface area is 194 Å². The van der Waals surface area contributed by atoms with E-state index in [-0.39, 0.29) is 41.8 Å². The summed E-state index contributed by atoms with van der Waals surface area (Å²) in [5.74, 6) is 1.41. The average Bonchev–Trinajstić information content (AvgIpc) is 3.57. The van der Waals surface area contributed by atoms with Crippen molar-refractivity contribution in [2.24, 2.45) is 5.92 Å². The molecular weight excluding hydrogens is 424 g/mol. The number of benzene rings is 1. The van der Waals surface area contributed by atoms with E-state index in [2.05, 4.69) is 21.5 Å². The summed E-state index contributed by atoms with van der Waals surface area (Å²) in [4.78, 5) is 24.9. The number of carbonyl (C=O) groups excluding carboxylic acids is 2. The quantitative estimate of drug-likeness (QED) is 0.516. The van der Waals surface area contributed by atoms with Gasteiger partial charge in [-0.1, -0.05) is 18.2 Å². The molecular formula is C24H34N4O5. The van der Waals surface area contributed by atoms with Crippen molar-refractivity contribution >= 4 is 12.0 Å². The number of ether oxygens (including phenoxy) is 3. The van der Waals surface area contributed by atoms with Crippen LogP contribution in [0.1, 0.15) is 56.9 Å². The molecule has 9 heteroatoms. The normalized spacial score (nSPS) is 35.1. The second kappa shape index (κ2) is 9.48. The first-order chi connectivity index (χ1) is 16.0. The molecule has 4 unspecified atom stereocenters. The summed E-state index contributed by atoms with van der Waals surface area (Å²) in [6.07, 6.45) is 4.19. The highest BCUT2D eigenvalue weighted by molar-refractivity contribution is 5.77. The molecule has 0 bridgehead atoms. The van der Waals surface area contributed by atoms with Crippen LogP contribution in [0.5, 0.6) is 5.75 Å². The lowest BCUT2D eigenvalue weighted by Crippen LogP contribution is -2.47. The van der Waals surface area contributed by atoms with E-state index in [1.807, 2.05) is 31.2 Å². The molecule has 0 radical (unpaired) electrons. The third-order valence-corrected chi connectivity index (χ3v) is 7.39. The number of hydrazine groups is 1. The van der Waals surface area contributed by atoms with Crippen molar-refractivity contribution in [1.29, 1.82) is 0 Å². The number of alkyl carbamates (subject to hydrolysis) is 1.